The Morgan fingerprint density at radius 1 is 1.20 bits per heavy atom. The molecule has 30 heavy (non-hydrogen) atoms. The minimum Gasteiger partial charge on any atom is -0.512 e. The molecule has 2 amide bonds. The maximum Gasteiger partial charge on any atom is 0.227 e. The molecule has 0 aliphatic rings. The fourth-order valence-electron chi connectivity index (χ4n) is 2.47. The van der Waals surface area contributed by atoms with Crippen molar-refractivity contribution in [2.45, 2.75) is 47.5 Å². The van der Waals surface area contributed by atoms with Gasteiger partial charge in [0.15, 0.2) is 0 Å². The number of aliphatic hydroxyl groups is 1. The van der Waals surface area contributed by atoms with Gasteiger partial charge in [0.2, 0.25) is 11.8 Å². The molecule has 0 spiro atoms. The number of anilines is 2. The molecule has 0 saturated carbocycles. The third-order valence-electron chi connectivity index (χ3n) is 4.46. The van der Waals surface area contributed by atoms with Gasteiger partial charge in [-0.1, -0.05) is 27.7 Å². The number of aliphatic imine (C=N–C) groups is 1. The van der Waals surface area contributed by atoms with Crippen LogP contribution in [0.1, 0.15) is 48.9 Å². The first-order chi connectivity index (χ1) is 13.5. The number of aliphatic hydroxyl groups excluding tert-OH is 1. The van der Waals surface area contributed by atoms with Crippen molar-refractivity contribution in [1.29, 1.82) is 0 Å². The lowest BCUT2D eigenvalue weighted by molar-refractivity contribution is -0.118. The Labute approximate surface area is 180 Å². The van der Waals surface area contributed by atoms with Gasteiger partial charge in [-0.25, -0.2) is 0 Å². The molecule has 0 atom stereocenters. The second kappa shape index (κ2) is 12.0. The lowest BCUT2D eigenvalue weighted by Crippen LogP contribution is -2.33. The van der Waals surface area contributed by atoms with Crippen LogP contribution >= 0.6 is 0 Å². The van der Waals surface area contributed by atoms with Crippen molar-refractivity contribution < 1.29 is 21.6 Å². The van der Waals surface area contributed by atoms with Crippen molar-refractivity contribution in [3.63, 3.8) is 0 Å². The van der Waals surface area contributed by atoms with Crippen LogP contribution in [0.2, 0.25) is 0 Å². The van der Waals surface area contributed by atoms with Crippen molar-refractivity contribution in [3.8, 4) is 0 Å². The lowest BCUT2D eigenvalue weighted by atomic mass is 9.93. The summed E-state index contributed by atoms with van der Waals surface area (Å²) in [6.45, 7) is 9.77. The summed E-state index contributed by atoms with van der Waals surface area (Å²) in [5, 5.41) is 10.0. The number of carbonyl (C=O) groups is 2. The quantitative estimate of drug-likeness (QED) is 0.378. The Hall–Kier alpha value is -2.87. The van der Waals surface area contributed by atoms with E-state index in [1.807, 2.05) is 52.0 Å². The molecule has 0 unspecified atom stereocenters. The Kier molecular flexibility index (Phi) is 10.8. The predicted molar refractivity (Wildman–Crippen MR) is 125 cm³/mol. The van der Waals surface area contributed by atoms with E-state index in [1.165, 1.54) is 13.0 Å². The van der Waals surface area contributed by atoms with Crippen molar-refractivity contribution in [1.82, 2.24) is 0 Å². The Balaban J connectivity index is 0. The number of nitrogens with zero attached hydrogens (tertiary/aromatic N) is 3. The molecular weight excluding hydrogens is 384 g/mol. The Morgan fingerprint density at radius 2 is 1.73 bits per heavy atom. The van der Waals surface area contributed by atoms with E-state index in [-0.39, 0.29) is 30.3 Å². The van der Waals surface area contributed by atoms with E-state index in [9.17, 15) is 14.7 Å². The summed E-state index contributed by atoms with van der Waals surface area (Å²) in [6, 6.07) is 7.26. The molecule has 1 aromatic rings. The van der Waals surface area contributed by atoms with Crippen molar-refractivity contribution in [3.05, 3.63) is 36.1 Å². The highest BCUT2D eigenvalue weighted by Crippen LogP contribution is 2.22. The summed E-state index contributed by atoms with van der Waals surface area (Å²) in [6.07, 6.45) is 2.62. The van der Waals surface area contributed by atoms with Crippen LogP contribution in [0, 0.1) is 5.41 Å². The van der Waals surface area contributed by atoms with Gasteiger partial charge in [-0.2, -0.15) is 0 Å². The van der Waals surface area contributed by atoms with Crippen LogP contribution < -0.4 is 15.5 Å². The molecule has 0 aromatic heterocycles. The molecule has 0 radical (unpaired) electrons. The van der Waals surface area contributed by atoms with E-state index >= 15 is 0 Å². The van der Waals surface area contributed by atoms with Gasteiger partial charge in [0.1, 0.15) is 11.6 Å². The molecule has 0 fully saturated rings. The van der Waals surface area contributed by atoms with Gasteiger partial charge in [-0.3, -0.25) is 14.6 Å². The van der Waals surface area contributed by atoms with Crippen LogP contribution in [0.4, 0.5) is 11.4 Å². The predicted octanol–water partition coefficient (Wildman–Crippen LogP) is 3.07. The average molecular weight is 423 g/mol. The number of hydrogen-bond donors (Lipinski definition) is 2. The molecule has 8 heteroatoms. The van der Waals surface area contributed by atoms with Crippen LogP contribution in [0.25, 0.3) is 0 Å². The van der Waals surface area contributed by atoms with Gasteiger partial charge in [0.25, 0.3) is 0 Å². The zero-order valence-electron chi connectivity index (χ0n) is 18.9. The highest BCUT2D eigenvalue weighted by Gasteiger charge is 2.17. The molecule has 170 valence electrons. The van der Waals surface area contributed by atoms with Crippen LogP contribution in [0.5, 0.6) is 0 Å². The van der Waals surface area contributed by atoms with Gasteiger partial charge in [-0.15, -0.1) is 0 Å². The fraction of sp³-hybridized carbons (Fsp3) is 0.500. The molecule has 5 N–H and O–H groups in total. The van der Waals surface area contributed by atoms with Gasteiger partial charge >= 0.3 is 0 Å². The summed E-state index contributed by atoms with van der Waals surface area (Å²) < 4.78 is 0. The number of allylic oxidation sites excluding steroid dienone is 1. The third-order valence-corrected chi connectivity index (χ3v) is 4.46. The first kappa shape index (κ1) is 27.1. The van der Waals surface area contributed by atoms with Crippen molar-refractivity contribution in [2.24, 2.45) is 16.1 Å². The van der Waals surface area contributed by atoms with Crippen molar-refractivity contribution >= 4 is 29.0 Å². The highest BCUT2D eigenvalue weighted by atomic mass is 16.3. The topological polar surface area (TPSA) is 131 Å². The summed E-state index contributed by atoms with van der Waals surface area (Å²) in [5.41, 5.74) is 6.98. The van der Waals surface area contributed by atoms with Gasteiger partial charge < -0.3 is 26.1 Å². The molecule has 0 aliphatic heterocycles. The number of rotatable bonds is 8. The second-order valence-corrected chi connectivity index (χ2v) is 7.98. The zero-order valence-corrected chi connectivity index (χ0v) is 18.9. The normalized spacial score (nSPS) is 12.2. The molecule has 0 heterocycles. The monoisotopic (exact) mass is 422 g/mol. The second-order valence-electron chi connectivity index (χ2n) is 7.98. The summed E-state index contributed by atoms with van der Waals surface area (Å²) in [4.78, 5) is 31.6. The van der Waals surface area contributed by atoms with Gasteiger partial charge in [-0.05, 0) is 30.7 Å². The number of benzene rings is 1. The number of carbonyl (C=O) groups excluding carboxylic acids is 2. The zero-order chi connectivity index (χ0) is 22.2. The Morgan fingerprint density at radius 3 is 2.20 bits per heavy atom. The van der Waals surface area contributed by atoms with Gasteiger partial charge in [0.05, 0.1) is 6.54 Å². The molecule has 0 bridgehead atoms. The minimum atomic E-state index is -0.405. The molecule has 0 saturated heterocycles. The lowest BCUT2D eigenvalue weighted by Gasteiger charge is -2.23. The minimum absolute atomic E-state index is 0. The van der Waals surface area contributed by atoms with Crippen LogP contribution in [-0.2, 0) is 9.59 Å². The molecular formula is C22H38N4O4. The van der Waals surface area contributed by atoms with E-state index in [2.05, 4.69) is 4.99 Å². The van der Waals surface area contributed by atoms with Crippen LogP contribution in [0.3, 0.4) is 0 Å². The number of amidine groups is 1. The number of hydrogen-bond acceptors (Lipinski definition) is 4. The van der Waals surface area contributed by atoms with Crippen LogP contribution in [0.15, 0.2) is 41.1 Å². The average Bonchev–Trinajstić information content (AvgIpc) is 2.64. The van der Waals surface area contributed by atoms with Gasteiger partial charge in [0, 0.05) is 51.2 Å². The van der Waals surface area contributed by atoms with Crippen molar-refractivity contribution in [2.75, 3.05) is 29.9 Å². The standard InChI is InChI=1S/C22H34N4O3.H2O.H2/c1-7-8-21(29)26(14-13-24-20(23)15-19(28)22(3,4)5)18-11-9-17(10-12-18)25(6)16(2)27;;/h9-12,15,28H,7-8,13-14H2,1-6H3,(H2,23,24);1H2;1H/b19-15-;;. The molecule has 8 nitrogen and oxygen atoms in total. The maximum atomic E-state index is 12.6. The SMILES string of the molecule is CCCC(=O)N(CCN=C(N)/C=C(\O)C(C)(C)C)c1ccc(N(C)C(C)=O)cc1.O.[HH]. The highest BCUT2D eigenvalue weighted by molar-refractivity contribution is 5.95. The third kappa shape index (κ3) is 8.24. The van der Waals surface area contributed by atoms with E-state index < -0.39 is 5.41 Å². The van der Waals surface area contributed by atoms with E-state index in [1.54, 1.807) is 16.8 Å². The largest absolute Gasteiger partial charge is 0.512 e. The fourth-order valence-corrected chi connectivity index (χ4v) is 2.47. The van der Waals surface area contributed by atoms with E-state index in [0.29, 0.717) is 19.5 Å². The van der Waals surface area contributed by atoms with Crippen LogP contribution in [-0.4, -0.2) is 48.4 Å². The van der Waals surface area contributed by atoms with E-state index in [4.69, 9.17) is 5.73 Å². The molecule has 1 rings (SSSR count). The smallest absolute Gasteiger partial charge is 0.227 e. The molecule has 0 aliphatic carbocycles. The first-order valence-corrected chi connectivity index (χ1v) is 9.83. The maximum absolute atomic E-state index is 12.6. The summed E-state index contributed by atoms with van der Waals surface area (Å²) >= 11 is 0. The molecule has 1 aromatic carbocycles. The number of nitrogens with two attached hydrogens (primary N) is 1. The summed E-state index contributed by atoms with van der Waals surface area (Å²) in [5.74, 6) is 0.316. The van der Waals surface area contributed by atoms with E-state index in [0.717, 1.165) is 17.8 Å². The first-order valence-electron chi connectivity index (χ1n) is 9.83. The Bertz CT molecular complexity index is 771. The summed E-state index contributed by atoms with van der Waals surface area (Å²) in [7, 11) is 1.70. The number of amides is 2.